The summed E-state index contributed by atoms with van der Waals surface area (Å²) in [6.07, 6.45) is 9.31. The SMILES string of the molecule is C[C@@H]([NH2+]C1CCCCCC1)C(=O)Nc1ccc(S(=O)(=O)N2CCCC2)cc1. The molecule has 1 aliphatic heterocycles. The Hall–Kier alpha value is -1.44. The summed E-state index contributed by atoms with van der Waals surface area (Å²) in [5.74, 6) is -0.0330. The fraction of sp³-hybridized carbons (Fsp3) is 0.650. The molecule has 0 bridgehead atoms. The number of amides is 1. The van der Waals surface area contributed by atoms with Crippen molar-refractivity contribution in [3.05, 3.63) is 24.3 Å². The molecule has 1 amide bonds. The lowest BCUT2D eigenvalue weighted by Crippen LogP contribution is -2.96. The summed E-state index contributed by atoms with van der Waals surface area (Å²) in [7, 11) is -3.41. The van der Waals surface area contributed by atoms with Gasteiger partial charge in [0.15, 0.2) is 6.04 Å². The highest BCUT2D eigenvalue weighted by Crippen LogP contribution is 2.22. The van der Waals surface area contributed by atoms with Crippen molar-refractivity contribution >= 4 is 21.6 Å². The zero-order chi connectivity index (χ0) is 19.3. The van der Waals surface area contributed by atoms with E-state index in [9.17, 15) is 13.2 Å². The lowest BCUT2D eigenvalue weighted by atomic mass is 10.1. The van der Waals surface area contributed by atoms with Crippen LogP contribution < -0.4 is 10.6 Å². The second kappa shape index (κ2) is 9.17. The van der Waals surface area contributed by atoms with E-state index >= 15 is 0 Å². The van der Waals surface area contributed by atoms with Gasteiger partial charge in [-0.3, -0.25) is 4.79 Å². The van der Waals surface area contributed by atoms with Crippen LogP contribution in [0.15, 0.2) is 29.2 Å². The van der Waals surface area contributed by atoms with Crippen molar-refractivity contribution in [1.82, 2.24) is 4.31 Å². The minimum atomic E-state index is -3.41. The zero-order valence-corrected chi connectivity index (χ0v) is 17.0. The molecule has 7 heteroatoms. The number of quaternary nitrogens is 1. The number of nitrogens with one attached hydrogen (secondary N) is 1. The van der Waals surface area contributed by atoms with Crippen LogP contribution in [0.5, 0.6) is 0 Å². The summed E-state index contributed by atoms with van der Waals surface area (Å²) in [6, 6.07) is 6.91. The topological polar surface area (TPSA) is 83.1 Å². The third-order valence-electron chi connectivity index (χ3n) is 5.70. The molecule has 27 heavy (non-hydrogen) atoms. The molecule has 3 rings (SSSR count). The van der Waals surface area contributed by atoms with E-state index in [-0.39, 0.29) is 11.9 Å². The van der Waals surface area contributed by atoms with E-state index < -0.39 is 10.0 Å². The Labute approximate surface area is 162 Å². The number of rotatable bonds is 6. The van der Waals surface area contributed by atoms with Gasteiger partial charge in [-0.1, -0.05) is 12.8 Å². The molecule has 1 saturated heterocycles. The van der Waals surface area contributed by atoms with Gasteiger partial charge in [0.25, 0.3) is 5.91 Å². The molecule has 0 radical (unpaired) electrons. The van der Waals surface area contributed by atoms with Crippen molar-refractivity contribution in [3.63, 3.8) is 0 Å². The van der Waals surface area contributed by atoms with Crippen LogP contribution in [0.3, 0.4) is 0 Å². The van der Waals surface area contributed by atoms with Gasteiger partial charge in [0, 0.05) is 18.8 Å². The first-order valence-corrected chi connectivity index (χ1v) is 11.7. The number of sulfonamides is 1. The van der Waals surface area contributed by atoms with Gasteiger partial charge in [0.1, 0.15) is 0 Å². The Kier molecular flexibility index (Phi) is 6.89. The van der Waals surface area contributed by atoms with E-state index in [2.05, 4.69) is 10.6 Å². The Morgan fingerprint density at radius 3 is 2.22 bits per heavy atom. The molecule has 1 saturated carbocycles. The standard InChI is InChI=1S/C20H31N3O3S/c1-16(21-17-8-4-2-3-5-9-17)20(24)22-18-10-12-19(13-11-18)27(25,26)23-14-6-7-15-23/h10-13,16-17,21H,2-9,14-15H2,1H3,(H,22,24)/p+1/t16-/m1/s1. The molecule has 3 N–H and O–H groups in total. The largest absolute Gasteiger partial charge is 0.334 e. The quantitative estimate of drug-likeness (QED) is 0.725. The van der Waals surface area contributed by atoms with Crippen LogP contribution in [0.2, 0.25) is 0 Å². The van der Waals surface area contributed by atoms with Crippen LogP contribution >= 0.6 is 0 Å². The minimum Gasteiger partial charge on any atom is -0.334 e. The normalized spacial score (nSPS) is 20.9. The number of carbonyl (C=O) groups is 1. The van der Waals surface area contributed by atoms with Gasteiger partial charge in [-0.15, -0.1) is 0 Å². The van der Waals surface area contributed by atoms with Crippen LogP contribution in [0, 0.1) is 0 Å². The van der Waals surface area contributed by atoms with Gasteiger partial charge in [-0.05, 0) is 69.7 Å². The number of hydrogen-bond acceptors (Lipinski definition) is 3. The molecule has 1 aromatic carbocycles. The van der Waals surface area contributed by atoms with E-state index in [0.29, 0.717) is 29.7 Å². The summed E-state index contributed by atoms with van der Waals surface area (Å²) < 4.78 is 26.7. The fourth-order valence-electron chi connectivity index (χ4n) is 4.04. The average Bonchev–Trinajstić information content (AvgIpc) is 3.09. The van der Waals surface area contributed by atoms with Crippen molar-refractivity contribution < 1.29 is 18.5 Å². The molecule has 0 spiro atoms. The van der Waals surface area contributed by atoms with Crippen LogP contribution in [0.1, 0.15) is 58.3 Å². The van der Waals surface area contributed by atoms with E-state index in [0.717, 1.165) is 12.8 Å². The molecule has 1 atom stereocenters. The number of benzene rings is 1. The van der Waals surface area contributed by atoms with Crippen molar-refractivity contribution in [2.45, 2.75) is 75.3 Å². The lowest BCUT2D eigenvalue weighted by molar-refractivity contribution is -0.707. The number of hydrogen-bond donors (Lipinski definition) is 2. The summed E-state index contributed by atoms with van der Waals surface area (Å²) >= 11 is 0. The second-order valence-electron chi connectivity index (χ2n) is 7.86. The maximum atomic E-state index is 12.6. The zero-order valence-electron chi connectivity index (χ0n) is 16.2. The average molecular weight is 395 g/mol. The highest BCUT2D eigenvalue weighted by molar-refractivity contribution is 7.89. The first-order valence-electron chi connectivity index (χ1n) is 10.2. The molecule has 2 fully saturated rings. The minimum absolute atomic E-state index is 0.0330. The van der Waals surface area contributed by atoms with Crippen LogP contribution in [0.25, 0.3) is 0 Å². The first-order chi connectivity index (χ1) is 13.0. The van der Waals surface area contributed by atoms with E-state index in [4.69, 9.17) is 0 Å². The Morgan fingerprint density at radius 2 is 1.63 bits per heavy atom. The molecular formula is C20H32N3O3S+. The monoisotopic (exact) mass is 394 g/mol. The van der Waals surface area contributed by atoms with Gasteiger partial charge in [0.2, 0.25) is 10.0 Å². The highest BCUT2D eigenvalue weighted by atomic mass is 32.2. The van der Waals surface area contributed by atoms with E-state index in [1.807, 2.05) is 6.92 Å². The van der Waals surface area contributed by atoms with Crippen molar-refractivity contribution in [2.24, 2.45) is 0 Å². The summed E-state index contributed by atoms with van der Waals surface area (Å²) in [5.41, 5.74) is 0.640. The van der Waals surface area contributed by atoms with Gasteiger partial charge in [-0.25, -0.2) is 8.42 Å². The summed E-state index contributed by atoms with van der Waals surface area (Å²) in [4.78, 5) is 12.8. The van der Waals surface area contributed by atoms with Crippen LogP contribution in [-0.2, 0) is 14.8 Å². The van der Waals surface area contributed by atoms with Crippen LogP contribution in [-0.4, -0.2) is 43.8 Å². The number of nitrogens with two attached hydrogens (primary N) is 1. The third kappa shape index (κ3) is 5.30. The maximum Gasteiger partial charge on any atom is 0.282 e. The van der Waals surface area contributed by atoms with Crippen LogP contribution in [0.4, 0.5) is 5.69 Å². The van der Waals surface area contributed by atoms with Crippen molar-refractivity contribution in [1.29, 1.82) is 0 Å². The summed E-state index contributed by atoms with van der Waals surface area (Å²) in [6.45, 7) is 3.12. The maximum absolute atomic E-state index is 12.6. The Balaban J connectivity index is 1.56. The van der Waals surface area contributed by atoms with Crippen molar-refractivity contribution in [3.8, 4) is 0 Å². The highest BCUT2D eigenvalue weighted by Gasteiger charge is 2.27. The lowest BCUT2D eigenvalue weighted by Gasteiger charge is -2.18. The Bertz CT molecular complexity index is 719. The van der Waals surface area contributed by atoms with E-state index in [1.54, 1.807) is 24.3 Å². The molecule has 150 valence electrons. The fourth-order valence-corrected chi connectivity index (χ4v) is 5.56. The predicted molar refractivity (Wildman–Crippen MR) is 106 cm³/mol. The molecule has 6 nitrogen and oxygen atoms in total. The molecular weight excluding hydrogens is 362 g/mol. The van der Waals surface area contributed by atoms with Gasteiger partial charge in [-0.2, -0.15) is 4.31 Å². The second-order valence-corrected chi connectivity index (χ2v) is 9.80. The van der Waals surface area contributed by atoms with E-state index in [1.165, 1.54) is 42.8 Å². The number of carbonyl (C=O) groups excluding carboxylic acids is 1. The first kappa shape index (κ1) is 20.3. The number of nitrogens with zero attached hydrogens (tertiary/aromatic N) is 1. The third-order valence-corrected chi connectivity index (χ3v) is 7.61. The number of anilines is 1. The van der Waals surface area contributed by atoms with Gasteiger partial charge < -0.3 is 10.6 Å². The van der Waals surface area contributed by atoms with Crippen molar-refractivity contribution in [2.75, 3.05) is 18.4 Å². The summed E-state index contributed by atoms with van der Waals surface area (Å²) in [5, 5.41) is 5.10. The predicted octanol–water partition coefficient (Wildman–Crippen LogP) is 2.08. The molecule has 0 aromatic heterocycles. The Morgan fingerprint density at radius 1 is 1.04 bits per heavy atom. The molecule has 0 unspecified atom stereocenters. The van der Waals surface area contributed by atoms with Gasteiger partial charge >= 0.3 is 0 Å². The molecule has 2 aliphatic rings. The molecule has 1 aliphatic carbocycles. The smallest absolute Gasteiger partial charge is 0.282 e. The van der Waals surface area contributed by atoms with Gasteiger partial charge in [0.05, 0.1) is 10.9 Å². The molecule has 1 aromatic rings. The molecule has 1 heterocycles.